The predicted octanol–water partition coefficient (Wildman–Crippen LogP) is 2.94. The lowest BCUT2D eigenvalue weighted by Gasteiger charge is -2.09. The second-order valence-corrected chi connectivity index (χ2v) is 5.87. The van der Waals surface area contributed by atoms with Crippen molar-refractivity contribution >= 4 is 11.6 Å². The molecular weight excluding hydrogens is 332 g/mol. The van der Waals surface area contributed by atoms with Crippen LogP contribution in [0.4, 0.5) is 0 Å². The lowest BCUT2D eigenvalue weighted by molar-refractivity contribution is 0.233. The van der Waals surface area contributed by atoms with Crippen LogP contribution in [0.3, 0.4) is 0 Å². The van der Waals surface area contributed by atoms with Crippen LogP contribution >= 0.6 is 11.6 Å². The summed E-state index contributed by atoms with van der Waals surface area (Å²) in [4.78, 5) is 20.5. The molecule has 0 fully saturated rings. The minimum Gasteiger partial charge on any atom is -0.475 e. The van der Waals surface area contributed by atoms with E-state index < -0.39 is 0 Å². The maximum absolute atomic E-state index is 12.0. The molecule has 0 unspecified atom stereocenters. The monoisotopic (exact) mass is 346 g/mol. The third-order valence-electron chi connectivity index (χ3n) is 3.10. The first-order valence-corrected chi connectivity index (χ1v) is 7.66. The van der Waals surface area contributed by atoms with Crippen LogP contribution in [0.5, 0.6) is 5.88 Å². The van der Waals surface area contributed by atoms with Crippen LogP contribution in [-0.4, -0.2) is 25.8 Å². The van der Waals surface area contributed by atoms with Crippen LogP contribution in [0.1, 0.15) is 13.8 Å². The molecule has 0 saturated carbocycles. The molecule has 0 aromatic carbocycles. The number of nitrogens with zero attached hydrogens (tertiary/aromatic N) is 4. The normalized spacial score (nSPS) is 11.0. The van der Waals surface area contributed by atoms with Crippen molar-refractivity contribution in [1.82, 2.24) is 19.7 Å². The molecule has 124 valence electrons. The molecule has 0 aliphatic heterocycles. The molecule has 0 atom stereocenters. The smallest absolute Gasteiger partial charge is 0.263 e. The van der Waals surface area contributed by atoms with Crippen LogP contribution in [0.15, 0.2) is 39.9 Å². The fourth-order valence-corrected chi connectivity index (χ4v) is 2.25. The molecular formula is C16H15ClN4O3. The van der Waals surface area contributed by atoms with E-state index in [9.17, 15) is 4.79 Å². The fraction of sp³-hybridized carbons (Fsp3) is 0.250. The van der Waals surface area contributed by atoms with E-state index in [2.05, 4.69) is 15.1 Å². The Labute approximate surface area is 142 Å². The summed E-state index contributed by atoms with van der Waals surface area (Å²) in [5.41, 5.74) is 0.432. The van der Waals surface area contributed by atoms with E-state index in [1.807, 2.05) is 13.8 Å². The van der Waals surface area contributed by atoms with Gasteiger partial charge in [0.1, 0.15) is 11.3 Å². The molecule has 0 radical (unpaired) electrons. The zero-order chi connectivity index (χ0) is 17.3. The first kappa shape index (κ1) is 16.2. The van der Waals surface area contributed by atoms with Crippen molar-refractivity contribution in [3.05, 3.63) is 45.8 Å². The highest BCUT2D eigenvalue weighted by molar-refractivity contribution is 6.32. The highest BCUT2D eigenvalue weighted by atomic mass is 35.5. The summed E-state index contributed by atoms with van der Waals surface area (Å²) >= 11 is 6.17. The average Bonchev–Trinajstić information content (AvgIpc) is 3.00. The van der Waals surface area contributed by atoms with Crippen molar-refractivity contribution in [2.75, 3.05) is 0 Å². The van der Waals surface area contributed by atoms with E-state index in [4.69, 9.17) is 20.9 Å². The molecule has 0 bridgehead atoms. The Bertz CT molecular complexity index is 933. The molecule has 3 aromatic rings. The molecule has 7 nitrogen and oxygen atoms in total. The lowest BCUT2D eigenvalue weighted by atomic mass is 10.2. The maximum Gasteiger partial charge on any atom is 0.263 e. The van der Waals surface area contributed by atoms with E-state index in [1.165, 1.54) is 6.07 Å². The minimum absolute atomic E-state index is 0.0281. The van der Waals surface area contributed by atoms with Crippen molar-refractivity contribution in [3.63, 3.8) is 0 Å². The molecule has 0 spiro atoms. The number of hydrogen-bond donors (Lipinski definition) is 0. The molecule has 0 saturated heterocycles. The van der Waals surface area contributed by atoms with Gasteiger partial charge in [0.2, 0.25) is 11.7 Å². The standard InChI is InChI=1S/C16H15ClN4O3/c1-9(2)23-13-5-4-11(17)14(18-13)15-19-16(24-20-15)10-8-21(3)7-6-12(10)22/h4-9H,1-3H3. The third-order valence-corrected chi connectivity index (χ3v) is 3.41. The lowest BCUT2D eigenvalue weighted by Crippen LogP contribution is -2.07. The molecule has 0 amide bonds. The summed E-state index contributed by atoms with van der Waals surface area (Å²) in [6.45, 7) is 3.79. The molecule has 3 heterocycles. The van der Waals surface area contributed by atoms with Gasteiger partial charge < -0.3 is 13.8 Å². The number of rotatable bonds is 4. The van der Waals surface area contributed by atoms with Crippen LogP contribution < -0.4 is 10.2 Å². The SMILES string of the molecule is CC(C)Oc1ccc(Cl)c(-c2noc(-c3cn(C)ccc3=O)n2)n1. The molecule has 3 aromatic heterocycles. The summed E-state index contributed by atoms with van der Waals surface area (Å²) in [5.74, 6) is 0.709. The molecule has 24 heavy (non-hydrogen) atoms. The molecule has 8 heteroatoms. The van der Waals surface area contributed by atoms with E-state index in [0.717, 1.165) is 0 Å². The Morgan fingerprint density at radius 3 is 2.79 bits per heavy atom. The summed E-state index contributed by atoms with van der Waals surface area (Å²) < 4.78 is 12.5. The number of halogens is 1. The molecule has 3 rings (SSSR count). The second kappa shape index (κ2) is 6.45. The summed E-state index contributed by atoms with van der Waals surface area (Å²) in [6.07, 6.45) is 3.24. The van der Waals surface area contributed by atoms with Gasteiger partial charge in [0, 0.05) is 31.6 Å². The summed E-state index contributed by atoms with van der Waals surface area (Å²) in [6, 6.07) is 4.75. The van der Waals surface area contributed by atoms with Crippen LogP contribution in [0.2, 0.25) is 5.02 Å². The van der Waals surface area contributed by atoms with Crippen molar-refractivity contribution < 1.29 is 9.26 Å². The van der Waals surface area contributed by atoms with E-state index >= 15 is 0 Å². The zero-order valence-corrected chi connectivity index (χ0v) is 14.1. The number of aromatic nitrogens is 4. The molecule has 0 aliphatic rings. The second-order valence-electron chi connectivity index (χ2n) is 5.46. The van der Waals surface area contributed by atoms with Gasteiger partial charge in [0.25, 0.3) is 5.89 Å². The fourth-order valence-electron chi connectivity index (χ4n) is 2.06. The Kier molecular flexibility index (Phi) is 4.35. The Hall–Kier alpha value is -2.67. The van der Waals surface area contributed by atoms with E-state index in [-0.39, 0.29) is 23.2 Å². The average molecular weight is 347 g/mol. The first-order valence-electron chi connectivity index (χ1n) is 7.28. The summed E-state index contributed by atoms with van der Waals surface area (Å²) in [5, 5.41) is 4.24. The van der Waals surface area contributed by atoms with E-state index in [0.29, 0.717) is 22.2 Å². The van der Waals surface area contributed by atoms with Gasteiger partial charge in [-0.3, -0.25) is 4.79 Å². The molecule has 0 aliphatic carbocycles. The summed E-state index contributed by atoms with van der Waals surface area (Å²) in [7, 11) is 1.80. The van der Waals surface area contributed by atoms with Gasteiger partial charge in [-0.2, -0.15) is 4.98 Å². The number of aryl methyl sites for hydroxylation is 1. The van der Waals surface area contributed by atoms with Gasteiger partial charge in [0.15, 0.2) is 5.43 Å². The van der Waals surface area contributed by atoms with Crippen LogP contribution in [0.25, 0.3) is 23.0 Å². The van der Waals surface area contributed by atoms with Crippen molar-refractivity contribution in [3.8, 4) is 28.9 Å². The Morgan fingerprint density at radius 1 is 1.25 bits per heavy atom. The van der Waals surface area contributed by atoms with Crippen molar-refractivity contribution in [2.45, 2.75) is 20.0 Å². The topological polar surface area (TPSA) is 83.0 Å². The highest BCUT2D eigenvalue weighted by Crippen LogP contribution is 2.27. The number of pyridine rings is 2. The largest absolute Gasteiger partial charge is 0.475 e. The first-order chi connectivity index (χ1) is 11.4. The number of hydrogen-bond acceptors (Lipinski definition) is 6. The van der Waals surface area contributed by atoms with Gasteiger partial charge in [-0.15, -0.1) is 0 Å². The zero-order valence-electron chi connectivity index (χ0n) is 13.4. The van der Waals surface area contributed by atoms with Crippen molar-refractivity contribution in [2.24, 2.45) is 7.05 Å². The molecule has 0 N–H and O–H groups in total. The number of ether oxygens (including phenoxy) is 1. The van der Waals surface area contributed by atoms with Gasteiger partial charge in [0.05, 0.1) is 11.1 Å². The quantitative estimate of drug-likeness (QED) is 0.722. The van der Waals surface area contributed by atoms with Crippen LogP contribution in [-0.2, 0) is 7.05 Å². The Morgan fingerprint density at radius 2 is 2.04 bits per heavy atom. The predicted molar refractivity (Wildman–Crippen MR) is 89.0 cm³/mol. The van der Waals surface area contributed by atoms with Gasteiger partial charge in [-0.25, -0.2) is 4.98 Å². The highest BCUT2D eigenvalue weighted by Gasteiger charge is 2.17. The van der Waals surface area contributed by atoms with Gasteiger partial charge in [-0.05, 0) is 19.9 Å². The van der Waals surface area contributed by atoms with Gasteiger partial charge >= 0.3 is 0 Å². The van der Waals surface area contributed by atoms with E-state index in [1.54, 1.807) is 36.1 Å². The van der Waals surface area contributed by atoms with Crippen molar-refractivity contribution in [1.29, 1.82) is 0 Å². The van der Waals surface area contributed by atoms with Crippen LogP contribution in [0, 0.1) is 0 Å². The van der Waals surface area contributed by atoms with Gasteiger partial charge in [-0.1, -0.05) is 16.8 Å². The Balaban J connectivity index is 2.02. The third kappa shape index (κ3) is 3.30. The minimum atomic E-state index is -0.209. The maximum atomic E-state index is 12.0.